The Labute approximate surface area is 166 Å². The lowest BCUT2D eigenvalue weighted by molar-refractivity contribution is -0.155. The van der Waals surface area contributed by atoms with E-state index < -0.39 is 41.6 Å². The molecule has 0 saturated carbocycles. The number of ether oxygens (including phenoxy) is 2. The van der Waals surface area contributed by atoms with Crippen molar-refractivity contribution in [1.29, 1.82) is 0 Å². The molecule has 0 aliphatic carbocycles. The number of halogens is 2. The first kappa shape index (κ1) is 21.8. The lowest BCUT2D eigenvalue weighted by atomic mass is 10.2. The molecule has 0 radical (unpaired) electrons. The molecule has 0 unspecified atom stereocenters. The number of nitrogens with one attached hydrogen (secondary N) is 2. The topological polar surface area (TPSA) is 93.7 Å². The summed E-state index contributed by atoms with van der Waals surface area (Å²) in [6.07, 6.45) is -1.27. The van der Waals surface area contributed by atoms with Gasteiger partial charge in [0.05, 0.1) is 5.69 Å². The Balaban J connectivity index is 1.79. The van der Waals surface area contributed by atoms with Gasteiger partial charge in [0.15, 0.2) is 12.7 Å². The molecule has 2 N–H and O–H groups in total. The highest BCUT2D eigenvalue weighted by atomic mass is 19.1. The smallest absolute Gasteiger partial charge is 0.329 e. The minimum atomic E-state index is -1.27. The second kappa shape index (κ2) is 10.2. The summed E-state index contributed by atoms with van der Waals surface area (Å²) in [5, 5.41) is 4.58. The number of amides is 2. The standard InChI is InChI=1S/C20H20F2N2O5/c1-12(23-18(25)11-28-15-6-4-3-5-7-15)20(27)29-13(2)19(26)24-17-9-8-14(21)10-16(17)22/h3-10,12-13H,11H2,1-2H3,(H,23,25)(H,24,26)/t12-,13+/m0/s1. The number of para-hydroxylation sites is 1. The van der Waals surface area contributed by atoms with E-state index >= 15 is 0 Å². The Bertz CT molecular complexity index is 876. The van der Waals surface area contributed by atoms with Crippen LogP contribution in [0.2, 0.25) is 0 Å². The van der Waals surface area contributed by atoms with E-state index in [0.717, 1.165) is 12.1 Å². The number of esters is 1. The number of benzene rings is 2. The molecule has 0 heterocycles. The number of anilines is 1. The van der Waals surface area contributed by atoms with E-state index in [1.165, 1.54) is 13.8 Å². The van der Waals surface area contributed by atoms with Crippen molar-refractivity contribution >= 4 is 23.5 Å². The van der Waals surface area contributed by atoms with E-state index in [9.17, 15) is 23.2 Å². The fraction of sp³-hybridized carbons (Fsp3) is 0.250. The number of rotatable bonds is 8. The Morgan fingerprint density at radius 2 is 1.72 bits per heavy atom. The van der Waals surface area contributed by atoms with Crippen LogP contribution in [0.1, 0.15) is 13.8 Å². The Morgan fingerprint density at radius 1 is 1.03 bits per heavy atom. The van der Waals surface area contributed by atoms with Gasteiger partial charge in [-0.1, -0.05) is 18.2 Å². The molecule has 0 aliphatic heterocycles. The van der Waals surface area contributed by atoms with Gasteiger partial charge in [0.1, 0.15) is 23.4 Å². The van der Waals surface area contributed by atoms with E-state index in [4.69, 9.17) is 9.47 Å². The van der Waals surface area contributed by atoms with Gasteiger partial charge in [0.25, 0.3) is 11.8 Å². The molecule has 0 bridgehead atoms. The monoisotopic (exact) mass is 406 g/mol. The highest BCUT2D eigenvalue weighted by Crippen LogP contribution is 2.15. The molecule has 29 heavy (non-hydrogen) atoms. The average molecular weight is 406 g/mol. The number of hydrogen-bond acceptors (Lipinski definition) is 5. The first-order valence-electron chi connectivity index (χ1n) is 8.70. The SMILES string of the molecule is C[C@H](NC(=O)COc1ccccc1)C(=O)O[C@H](C)C(=O)Nc1ccc(F)cc1F. The zero-order valence-electron chi connectivity index (χ0n) is 15.8. The number of hydrogen-bond donors (Lipinski definition) is 2. The molecule has 0 fully saturated rings. The zero-order chi connectivity index (χ0) is 21.4. The molecule has 2 aromatic rings. The van der Waals surface area contributed by atoms with Gasteiger partial charge in [-0.05, 0) is 38.1 Å². The summed E-state index contributed by atoms with van der Waals surface area (Å²) in [4.78, 5) is 35.9. The van der Waals surface area contributed by atoms with Gasteiger partial charge in [-0.3, -0.25) is 9.59 Å². The van der Waals surface area contributed by atoms with E-state index in [1.54, 1.807) is 30.3 Å². The van der Waals surface area contributed by atoms with Crippen molar-refractivity contribution in [2.24, 2.45) is 0 Å². The summed E-state index contributed by atoms with van der Waals surface area (Å²) in [6, 6.07) is 10.2. The van der Waals surface area contributed by atoms with Crippen LogP contribution in [0, 0.1) is 11.6 Å². The Morgan fingerprint density at radius 3 is 2.38 bits per heavy atom. The van der Waals surface area contributed by atoms with Gasteiger partial charge in [-0.15, -0.1) is 0 Å². The van der Waals surface area contributed by atoms with Crippen molar-refractivity contribution in [2.75, 3.05) is 11.9 Å². The van der Waals surface area contributed by atoms with Gasteiger partial charge in [0.2, 0.25) is 0 Å². The third-order valence-corrected chi connectivity index (χ3v) is 3.70. The molecular formula is C20H20F2N2O5. The van der Waals surface area contributed by atoms with Crippen molar-refractivity contribution in [2.45, 2.75) is 26.0 Å². The zero-order valence-corrected chi connectivity index (χ0v) is 15.8. The maximum Gasteiger partial charge on any atom is 0.329 e. The maximum atomic E-state index is 13.6. The highest BCUT2D eigenvalue weighted by Gasteiger charge is 2.24. The minimum absolute atomic E-state index is 0.251. The van der Waals surface area contributed by atoms with Crippen molar-refractivity contribution in [3.05, 3.63) is 60.2 Å². The second-order valence-electron chi connectivity index (χ2n) is 6.08. The molecule has 0 aromatic heterocycles. The molecule has 0 aliphatic rings. The lowest BCUT2D eigenvalue weighted by Gasteiger charge is -2.18. The highest BCUT2D eigenvalue weighted by molar-refractivity contribution is 5.95. The average Bonchev–Trinajstić information content (AvgIpc) is 2.69. The first-order valence-corrected chi connectivity index (χ1v) is 8.70. The van der Waals surface area contributed by atoms with Crippen LogP contribution in [0.15, 0.2) is 48.5 Å². The molecule has 7 nitrogen and oxygen atoms in total. The fourth-order valence-electron chi connectivity index (χ4n) is 2.16. The van der Waals surface area contributed by atoms with Crippen LogP contribution in [0.4, 0.5) is 14.5 Å². The molecule has 2 rings (SSSR count). The van der Waals surface area contributed by atoms with Crippen LogP contribution in [-0.2, 0) is 19.1 Å². The van der Waals surface area contributed by atoms with Crippen molar-refractivity contribution in [3.63, 3.8) is 0 Å². The second-order valence-corrected chi connectivity index (χ2v) is 6.08. The van der Waals surface area contributed by atoms with Crippen LogP contribution in [0.25, 0.3) is 0 Å². The number of carbonyl (C=O) groups excluding carboxylic acids is 3. The van der Waals surface area contributed by atoms with Crippen LogP contribution in [0.5, 0.6) is 5.75 Å². The molecule has 2 aromatic carbocycles. The Hall–Kier alpha value is -3.49. The number of carbonyl (C=O) groups is 3. The molecule has 154 valence electrons. The lowest BCUT2D eigenvalue weighted by Crippen LogP contribution is -2.44. The van der Waals surface area contributed by atoms with E-state index in [-0.39, 0.29) is 12.3 Å². The van der Waals surface area contributed by atoms with Crippen LogP contribution >= 0.6 is 0 Å². The normalized spacial score (nSPS) is 12.4. The minimum Gasteiger partial charge on any atom is -0.484 e. The van der Waals surface area contributed by atoms with E-state index in [1.807, 2.05) is 0 Å². The summed E-state index contributed by atoms with van der Waals surface area (Å²) >= 11 is 0. The fourth-order valence-corrected chi connectivity index (χ4v) is 2.16. The third-order valence-electron chi connectivity index (χ3n) is 3.70. The summed E-state index contributed by atoms with van der Waals surface area (Å²) in [7, 11) is 0. The van der Waals surface area contributed by atoms with E-state index in [2.05, 4.69) is 10.6 Å². The van der Waals surface area contributed by atoms with Crippen molar-refractivity contribution in [3.8, 4) is 5.75 Å². The van der Waals surface area contributed by atoms with Crippen LogP contribution in [-0.4, -0.2) is 36.5 Å². The van der Waals surface area contributed by atoms with Gasteiger partial charge in [-0.2, -0.15) is 0 Å². The molecule has 2 amide bonds. The molecular weight excluding hydrogens is 386 g/mol. The van der Waals surface area contributed by atoms with Gasteiger partial charge < -0.3 is 20.1 Å². The quantitative estimate of drug-likeness (QED) is 0.657. The van der Waals surface area contributed by atoms with Crippen LogP contribution in [0.3, 0.4) is 0 Å². The Kier molecular flexibility index (Phi) is 7.64. The van der Waals surface area contributed by atoms with Gasteiger partial charge in [0, 0.05) is 6.07 Å². The predicted molar refractivity (Wildman–Crippen MR) is 100 cm³/mol. The van der Waals surface area contributed by atoms with E-state index in [0.29, 0.717) is 11.8 Å². The van der Waals surface area contributed by atoms with Gasteiger partial charge in [-0.25, -0.2) is 13.6 Å². The maximum absolute atomic E-state index is 13.6. The summed E-state index contributed by atoms with van der Waals surface area (Å²) < 4.78 is 36.7. The van der Waals surface area contributed by atoms with Gasteiger partial charge >= 0.3 is 5.97 Å². The molecule has 0 saturated heterocycles. The molecule has 9 heteroatoms. The van der Waals surface area contributed by atoms with Crippen molar-refractivity contribution < 1.29 is 32.6 Å². The summed E-state index contributed by atoms with van der Waals surface area (Å²) in [5.74, 6) is -3.48. The largest absolute Gasteiger partial charge is 0.484 e. The predicted octanol–water partition coefficient (Wildman–Crippen LogP) is 2.42. The van der Waals surface area contributed by atoms with Crippen molar-refractivity contribution in [1.82, 2.24) is 5.32 Å². The first-order chi connectivity index (χ1) is 13.8. The van der Waals surface area contributed by atoms with Crippen LogP contribution < -0.4 is 15.4 Å². The summed E-state index contributed by atoms with van der Waals surface area (Å²) in [5.41, 5.74) is -0.251. The molecule has 0 spiro atoms. The summed E-state index contributed by atoms with van der Waals surface area (Å²) in [6.45, 7) is 2.36. The molecule has 2 atom stereocenters. The third kappa shape index (κ3) is 6.87.